The first-order chi connectivity index (χ1) is 17.9. The minimum atomic E-state index is -4.50. The topological polar surface area (TPSA) is 46.7 Å². The molecule has 0 atom stereocenters. The molecule has 0 unspecified atom stereocenters. The van der Waals surface area contributed by atoms with E-state index in [9.17, 15) is 13.2 Å². The van der Waals surface area contributed by atoms with Crippen LogP contribution in [0.1, 0.15) is 24.6 Å². The molecule has 38 heavy (non-hydrogen) atoms. The van der Waals surface area contributed by atoms with E-state index in [1.807, 2.05) is 11.8 Å². The van der Waals surface area contributed by atoms with Gasteiger partial charge in [-0.2, -0.15) is 13.2 Å². The Morgan fingerprint density at radius 2 is 1.89 bits per heavy atom. The summed E-state index contributed by atoms with van der Waals surface area (Å²) in [7, 11) is 3.45. The fourth-order valence-corrected chi connectivity index (χ4v) is 5.01. The van der Waals surface area contributed by atoms with Gasteiger partial charge in [0.1, 0.15) is 0 Å². The summed E-state index contributed by atoms with van der Waals surface area (Å²) in [5, 5.41) is 6.31. The molecule has 0 amide bonds. The summed E-state index contributed by atoms with van der Waals surface area (Å²) >= 11 is 6.16. The predicted molar refractivity (Wildman–Crippen MR) is 146 cm³/mol. The van der Waals surface area contributed by atoms with E-state index in [0.29, 0.717) is 29.2 Å². The molecule has 2 N–H and O–H groups in total. The molecule has 1 fully saturated rings. The monoisotopic (exact) mass is 550 g/mol. The number of hydrogen-bond acceptors (Lipinski definition) is 6. The first-order valence-electron chi connectivity index (χ1n) is 12.3. The number of aromatic nitrogens is 1. The SMILES string of the molecule is C=C(CN1C(CC)=C(N2CCNCC2)C(=C)c2nc(N(C)C)c(F)cc21)Nc1ccc(C(F)(F)F)cc1Cl. The first kappa shape index (κ1) is 27.8. The highest BCUT2D eigenvalue weighted by Crippen LogP contribution is 2.43. The van der Waals surface area contributed by atoms with E-state index in [4.69, 9.17) is 11.6 Å². The van der Waals surface area contributed by atoms with E-state index >= 15 is 4.39 Å². The van der Waals surface area contributed by atoms with E-state index in [-0.39, 0.29) is 17.4 Å². The lowest BCUT2D eigenvalue weighted by Crippen LogP contribution is -2.45. The van der Waals surface area contributed by atoms with Crippen LogP contribution in [0.5, 0.6) is 0 Å². The zero-order chi connectivity index (χ0) is 27.8. The molecule has 204 valence electrons. The number of nitrogens with zero attached hydrogens (tertiary/aromatic N) is 4. The Morgan fingerprint density at radius 3 is 2.47 bits per heavy atom. The quantitative estimate of drug-likeness (QED) is 0.416. The van der Waals surface area contributed by atoms with Gasteiger partial charge in [0.2, 0.25) is 0 Å². The largest absolute Gasteiger partial charge is 0.416 e. The molecular weight excluding hydrogens is 520 g/mol. The van der Waals surface area contributed by atoms with E-state index < -0.39 is 17.6 Å². The second-order valence-corrected chi connectivity index (χ2v) is 9.83. The van der Waals surface area contributed by atoms with E-state index in [0.717, 1.165) is 55.3 Å². The third-order valence-electron chi connectivity index (χ3n) is 6.55. The summed E-state index contributed by atoms with van der Waals surface area (Å²) in [6, 6.07) is 4.56. The number of anilines is 3. The number of pyridine rings is 1. The Morgan fingerprint density at radius 1 is 1.21 bits per heavy atom. The predicted octanol–water partition coefficient (Wildman–Crippen LogP) is 5.94. The summed E-state index contributed by atoms with van der Waals surface area (Å²) in [6.07, 6.45) is -3.87. The van der Waals surface area contributed by atoms with Crippen LogP contribution in [0.3, 0.4) is 0 Å². The van der Waals surface area contributed by atoms with Crippen molar-refractivity contribution in [3.63, 3.8) is 0 Å². The third kappa shape index (κ3) is 5.47. The molecule has 1 aromatic heterocycles. The maximum absolute atomic E-state index is 15.1. The van der Waals surface area contributed by atoms with Gasteiger partial charge in [-0.15, -0.1) is 0 Å². The van der Waals surface area contributed by atoms with Crippen LogP contribution in [0.15, 0.2) is 54.5 Å². The smallest absolute Gasteiger partial charge is 0.367 e. The molecular formula is C27H31ClF4N6. The van der Waals surface area contributed by atoms with Crippen LogP contribution in [0.4, 0.5) is 34.8 Å². The number of piperazine rings is 1. The molecule has 0 radical (unpaired) electrons. The standard InChI is InChI=1S/C27H31ClF4N6/c1-6-22-25(37-11-9-33-10-12-37)17(3)24-23(14-20(29)26(35-24)36(4)5)38(22)15-16(2)34-21-8-7-18(13-19(21)28)27(30,31)32/h7-8,13-14,33-34H,2-3,6,9-12,15H2,1,4-5H3. The maximum Gasteiger partial charge on any atom is 0.416 e. The number of hydrogen-bond donors (Lipinski definition) is 2. The minimum absolute atomic E-state index is 0.0792. The summed E-state index contributed by atoms with van der Waals surface area (Å²) in [6.45, 7) is 13.9. The Bertz CT molecular complexity index is 1280. The van der Waals surface area contributed by atoms with Gasteiger partial charge in [-0.25, -0.2) is 9.37 Å². The van der Waals surface area contributed by atoms with Crippen LogP contribution in [0.25, 0.3) is 5.57 Å². The van der Waals surface area contributed by atoms with E-state index in [1.165, 1.54) is 12.1 Å². The number of allylic oxidation sites excluding steroid dienone is 2. The van der Waals surface area contributed by atoms with Crippen molar-refractivity contribution in [1.82, 2.24) is 15.2 Å². The fraction of sp³-hybridized carbons (Fsp3) is 0.370. The van der Waals surface area contributed by atoms with Gasteiger partial charge in [0.05, 0.1) is 39.9 Å². The van der Waals surface area contributed by atoms with Crippen molar-refractivity contribution >= 4 is 34.4 Å². The van der Waals surface area contributed by atoms with Crippen LogP contribution in [-0.4, -0.2) is 56.7 Å². The first-order valence-corrected chi connectivity index (χ1v) is 12.7. The molecule has 3 heterocycles. The zero-order valence-corrected chi connectivity index (χ0v) is 22.4. The minimum Gasteiger partial charge on any atom is -0.367 e. The number of nitrogens with one attached hydrogen (secondary N) is 2. The van der Waals surface area contributed by atoms with Crippen molar-refractivity contribution in [1.29, 1.82) is 0 Å². The number of benzene rings is 1. The van der Waals surface area contributed by atoms with Crippen molar-refractivity contribution in [2.24, 2.45) is 0 Å². The van der Waals surface area contributed by atoms with E-state index in [2.05, 4.69) is 33.7 Å². The van der Waals surface area contributed by atoms with Crippen LogP contribution in [-0.2, 0) is 6.18 Å². The molecule has 2 aliphatic heterocycles. The van der Waals surface area contributed by atoms with Crippen molar-refractivity contribution in [2.75, 3.05) is 61.9 Å². The van der Waals surface area contributed by atoms with Gasteiger partial charge in [-0.1, -0.05) is 31.7 Å². The van der Waals surface area contributed by atoms with E-state index in [1.54, 1.807) is 19.0 Å². The molecule has 1 aromatic carbocycles. The van der Waals surface area contributed by atoms with Crippen molar-refractivity contribution in [3.05, 3.63) is 76.6 Å². The molecule has 0 aliphatic carbocycles. The summed E-state index contributed by atoms with van der Waals surface area (Å²) in [4.78, 5) is 10.5. The van der Waals surface area contributed by atoms with Crippen LogP contribution in [0.2, 0.25) is 5.02 Å². The summed E-state index contributed by atoms with van der Waals surface area (Å²) < 4.78 is 54.3. The molecule has 0 saturated carbocycles. The highest BCUT2D eigenvalue weighted by molar-refractivity contribution is 6.33. The number of rotatable bonds is 7. The van der Waals surface area contributed by atoms with Crippen molar-refractivity contribution < 1.29 is 17.6 Å². The second-order valence-electron chi connectivity index (χ2n) is 9.43. The number of fused-ring (bicyclic) bond motifs is 1. The van der Waals surface area contributed by atoms with Crippen LogP contribution >= 0.6 is 11.6 Å². The molecule has 0 bridgehead atoms. The fourth-order valence-electron chi connectivity index (χ4n) is 4.78. The molecule has 1 saturated heterocycles. The summed E-state index contributed by atoms with van der Waals surface area (Å²) in [5.74, 6) is -0.269. The van der Waals surface area contributed by atoms with Gasteiger partial charge in [0, 0.05) is 63.3 Å². The lowest BCUT2D eigenvalue weighted by atomic mass is 9.96. The molecule has 2 aliphatic rings. The maximum atomic E-state index is 15.1. The highest BCUT2D eigenvalue weighted by atomic mass is 35.5. The summed E-state index contributed by atoms with van der Waals surface area (Å²) in [5.41, 5.74) is 3.65. The number of alkyl halides is 3. The molecule has 2 aromatic rings. The Balaban J connectivity index is 1.73. The van der Waals surface area contributed by atoms with Gasteiger partial charge < -0.3 is 25.3 Å². The lowest BCUT2D eigenvalue weighted by Gasteiger charge is -2.42. The van der Waals surface area contributed by atoms with Gasteiger partial charge >= 0.3 is 6.18 Å². The Kier molecular flexibility index (Phi) is 7.94. The van der Waals surface area contributed by atoms with Gasteiger partial charge in [-0.05, 0) is 24.6 Å². The van der Waals surface area contributed by atoms with Crippen molar-refractivity contribution in [3.8, 4) is 0 Å². The van der Waals surface area contributed by atoms with Gasteiger partial charge in [0.25, 0.3) is 0 Å². The van der Waals surface area contributed by atoms with Gasteiger partial charge in [0.15, 0.2) is 11.6 Å². The molecule has 11 heteroatoms. The second kappa shape index (κ2) is 10.9. The Labute approximate surface area is 225 Å². The third-order valence-corrected chi connectivity index (χ3v) is 6.86. The van der Waals surface area contributed by atoms with Gasteiger partial charge in [-0.3, -0.25) is 0 Å². The average molecular weight is 551 g/mol. The van der Waals surface area contributed by atoms with Crippen molar-refractivity contribution in [2.45, 2.75) is 19.5 Å². The molecule has 4 rings (SSSR count). The zero-order valence-electron chi connectivity index (χ0n) is 21.6. The number of halogens is 5. The average Bonchev–Trinajstić information content (AvgIpc) is 2.86. The Hall–Kier alpha value is -3.24. The molecule has 6 nitrogen and oxygen atoms in total. The molecule has 0 spiro atoms. The lowest BCUT2D eigenvalue weighted by molar-refractivity contribution is -0.137. The normalized spacial score (nSPS) is 16.1. The van der Waals surface area contributed by atoms with Crippen LogP contribution < -0.4 is 20.4 Å². The highest BCUT2D eigenvalue weighted by Gasteiger charge is 2.34. The van der Waals surface area contributed by atoms with Crippen LogP contribution in [0, 0.1) is 5.82 Å².